The van der Waals surface area contributed by atoms with Crippen LogP contribution in [0.4, 0.5) is 0 Å². The molecule has 0 saturated heterocycles. The Kier molecular flexibility index (Phi) is 6.77. The minimum absolute atomic E-state index is 0.0495. The van der Waals surface area contributed by atoms with Gasteiger partial charge in [0.05, 0.1) is 0 Å². The van der Waals surface area contributed by atoms with E-state index in [2.05, 4.69) is 26.6 Å². The number of hydrogen-bond acceptors (Lipinski definition) is 5. The van der Waals surface area contributed by atoms with Crippen LogP contribution in [0, 0.1) is 0 Å². The lowest BCUT2D eigenvalue weighted by Crippen LogP contribution is -2.46. The van der Waals surface area contributed by atoms with Crippen LogP contribution in [0.25, 0.3) is 22.1 Å². The molecule has 0 aliphatic heterocycles. The molecule has 0 radical (unpaired) electrons. The Bertz CT molecular complexity index is 1580. The first-order valence-corrected chi connectivity index (χ1v) is 12.7. The zero-order chi connectivity index (χ0) is 25.2. The smallest absolute Gasteiger partial charge is 0.332 e. The van der Waals surface area contributed by atoms with E-state index >= 15 is 0 Å². The van der Waals surface area contributed by atoms with E-state index in [9.17, 15) is 19.2 Å². The molecule has 5 rings (SSSR count). The maximum absolute atomic E-state index is 13.5. The number of carbonyl (C=O) groups is 2. The number of halogens is 1. The number of amides is 2. The van der Waals surface area contributed by atoms with Crippen molar-refractivity contribution in [3.8, 4) is 0 Å². The molecule has 1 fully saturated rings. The van der Waals surface area contributed by atoms with Crippen LogP contribution in [-0.4, -0.2) is 27.0 Å². The van der Waals surface area contributed by atoms with Gasteiger partial charge in [0.25, 0.3) is 5.56 Å². The van der Waals surface area contributed by atoms with E-state index in [4.69, 9.17) is 4.42 Å². The average Bonchev–Trinajstić information content (AvgIpc) is 3.52. The van der Waals surface area contributed by atoms with Crippen LogP contribution in [0.15, 0.2) is 67.0 Å². The van der Waals surface area contributed by atoms with Crippen LogP contribution >= 0.6 is 15.9 Å². The highest BCUT2D eigenvalue weighted by Gasteiger charge is 2.24. The van der Waals surface area contributed by atoms with Crippen molar-refractivity contribution in [2.24, 2.45) is 0 Å². The van der Waals surface area contributed by atoms with Crippen LogP contribution in [0.2, 0.25) is 0 Å². The summed E-state index contributed by atoms with van der Waals surface area (Å²) in [6, 6.07) is 14.5. The van der Waals surface area contributed by atoms with Gasteiger partial charge in [0, 0.05) is 22.4 Å². The molecular weight excluding hydrogens is 528 g/mol. The van der Waals surface area contributed by atoms with Crippen molar-refractivity contribution in [2.75, 3.05) is 0 Å². The SMILES string of the molecule is O=C(Cn1c(=O)n(CC(=O)NC2CCCC2)c(=O)c2oc3ccccc3c21)NCc1ccccc1Br. The molecular formula is C26H25BrN4O5. The van der Waals surface area contributed by atoms with Crippen molar-refractivity contribution < 1.29 is 14.0 Å². The Labute approximate surface area is 214 Å². The molecule has 0 atom stereocenters. The van der Waals surface area contributed by atoms with Gasteiger partial charge in [-0.05, 0) is 36.6 Å². The Morgan fingerprint density at radius 1 is 0.944 bits per heavy atom. The van der Waals surface area contributed by atoms with Gasteiger partial charge >= 0.3 is 5.69 Å². The zero-order valence-corrected chi connectivity index (χ0v) is 21.0. The largest absolute Gasteiger partial charge is 0.449 e. The molecule has 0 bridgehead atoms. The third-order valence-electron chi connectivity index (χ3n) is 6.50. The number of nitrogens with one attached hydrogen (secondary N) is 2. The Hall–Kier alpha value is -3.66. The van der Waals surface area contributed by atoms with Gasteiger partial charge in [0.15, 0.2) is 0 Å². The highest BCUT2D eigenvalue weighted by molar-refractivity contribution is 9.10. The van der Waals surface area contributed by atoms with E-state index in [0.29, 0.717) is 11.0 Å². The quantitative estimate of drug-likeness (QED) is 0.365. The first-order chi connectivity index (χ1) is 17.4. The monoisotopic (exact) mass is 552 g/mol. The molecule has 2 heterocycles. The average molecular weight is 553 g/mol. The van der Waals surface area contributed by atoms with Gasteiger partial charge < -0.3 is 15.1 Å². The molecule has 1 aliphatic carbocycles. The molecule has 1 saturated carbocycles. The molecule has 0 spiro atoms. The summed E-state index contributed by atoms with van der Waals surface area (Å²) < 4.78 is 8.71. The summed E-state index contributed by atoms with van der Waals surface area (Å²) in [6.45, 7) is -0.526. The summed E-state index contributed by atoms with van der Waals surface area (Å²) in [6.07, 6.45) is 3.84. The summed E-state index contributed by atoms with van der Waals surface area (Å²) >= 11 is 3.46. The third kappa shape index (κ3) is 4.73. The highest BCUT2D eigenvalue weighted by atomic mass is 79.9. The number of furan rings is 1. The second kappa shape index (κ2) is 10.1. The minimum Gasteiger partial charge on any atom is -0.449 e. The fourth-order valence-corrected chi connectivity index (χ4v) is 5.13. The van der Waals surface area contributed by atoms with Gasteiger partial charge in [-0.2, -0.15) is 0 Å². The zero-order valence-electron chi connectivity index (χ0n) is 19.5. The summed E-state index contributed by atoms with van der Waals surface area (Å²) in [5, 5.41) is 6.26. The molecule has 10 heteroatoms. The molecule has 4 aromatic rings. The maximum Gasteiger partial charge on any atom is 0.332 e. The van der Waals surface area contributed by atoms with Gasteiger partial charge in [-0.3, -0.25) is 19.0 Å². The number of aromatic nitrogens is 2. The van der Waals surface area contributed by atoms with Crippen molar-refractivity contribution in [1.29, 1.82) is 0 Å². The van der Waals surface area contributed by atoms with Gasteiger partial charge in [-0.15, -0.1) is 0 Å². The lowest BCUT2D eigenvalue weighted by Gasteiger charge is -2.14. The van der Waals surface area contributed by atoms with Crippen molar-refractivity contribution in [3.63, 3.8) is 0 Å². The number of para-hydroxylation sites is 1. The number of benzene rings is 2. The molecule has 2 amide bonds. The highest BCUT2D eigenvalue weighted by Crippen LogP contribution is 2.25. The second-order valence-corrected chi connectivity index (χ2v) is 9.81. The van der Waals surface area contributed by atoms with Crippen molar-refractivity contribution in [2.45, 2.75) is 51.4 Å². The van der Waals surface area contributed by atoms with Crippen molar-refractivity contribution in [3.05, 3.63) is 79.4 Å². The molecule has 1 aliphatic rings. The van der Waals surface area contributed by atoms with Crippen molar-refractivity contribution >= 4 is 49.8 Å². The number of carbonyl (C=O) groups excluding carboxylic acids is 2. The summed E-state index contributed by atoms with van der Waals surface area (Å²) in [5.41, 5.74) is 0.0340. The molecule has 2 aromatic carbocycles. The van der Waals surface area contributed by atoms with Gasteiger partial charge in [-0.25, -0.2) is 9.36 Å². The van der Waals surface area contributed by atoms with E-state index < -0.39 is 29.6 Å². The van der Waals surface area contributed by atoms with E-state index in [-0.39, 0.29) is 30.2 Å². The fourth-order valence-electron chi connectivity index (χ4n) is 4.70. The molecule has 0 unspecified atom stereocenters. The van der Waals surface area contributed by atoms with Crippen LogP contribution in [0.5, 0.6) is 0 Å². The van der Waals surface area contributed by atoms with E-state index in [1.807, 2.05) is 24.3 Å². The van der Waals surface area contributed by atoms with Gasteiger partial charge in [0.2, 0.25) is 17.4 Å². The fraction of sp³-hybridized carbons (Fsp3) is 0.308. The number of rotatable bonds is 7. The molecule has 2 N–H and O–H groups in total. The van der Waals surface area contributed by atoms with Crippen LogP contribution in [0.1, 0.15) is 31.2 Å². The normalized spacial score (nSPS) is 13.9. The molecule has 186 valence electrons. The second-order valence-electron chi connectivity index (χ2n) is 8.95. The van der Waals surface area contributed by atoms with Crippen molar-refractivity contribution in [1.82, 2.24) is 19.8 Å². The number of nitrogens with zero attached hydrogens (tertiary/aromatic N) is 2. The first-order valence-electron chi connectivity index (χ1n) is 11.9. The Morgan fingerprint density at radius 2 is 1.64 bits per heavy atom. The van der Waals surface area contributed by atoms with E-state index in [0.717, 1.165) is 40.3 Å². The maximum atomic E-state index is 13.5. The van der Waals surface area contributed by atoms with E-state index in [1.54, 1.807) is 24.3 Å². The Morgan fingerprint density at radius 3 is 2.42 bits per heavy atom. The first kappa shape index (κ1) is 24.1. The van der Waals surface area contributed by atoms with E-state index in [1.165, 1.54) is 4.57 Å². The minimum atomic E-state index is -0.739. The Balaban J connectivity index is 1.51. The topological polar surface area (TPSA) is 115 Å². The summed E-state index contributed by atoms with van der Waals surface area (Å²) in [4.78, 5) is 52.3. The standard InChI is InChI=1S/C26H25BrN4O5/c27-19-11-5-1-7-16(19)13-28-21(32)14-30-23-18-10-4-6-12-20(18)36-24(23)25(34)31(26(30)35)15-22(33)29-17-8-2-3-9-17/h1,4-7,10-12,17H,2-3,8-9,13-15H2,(H,28,32)(H,29,33). The lowest BCUT2D eigenvalue weighted by atomic mass is 10.2. The van der Waals surface area contributed by atoms with Crippen LogP contribution in [-0.2, 0) is 29.2 Å². The predicted octanol–water partition coefficient (Wildman–Crippen LogP) is 3.05. The van der Waals surface area contributed by atoms with Gasteiger partial charge in [0.1, 0.15) is 24.2 Å². The molecule has 9 nitrogen and oxygen atoms in total. The van der Waals surface area contributed by atoms with Crippen LogP contribution in [0.3, 0.4) is 0 Å². The lowest BCUT2D eigenvalue weighted by molar-refractivity contribution is -0.122. The third-order valence-corrected chi connectivity index (χ3v) is 7.27. The van der Waals surface area contributed by atoms with Crippen LogP contribution < -0.4 is 21.9 Å². The molecule has 36 heavy (non-hydrogen) atoms. The summed E-state index contributed by atoms with van der Waals surface area (Å²) in [7, 11) is 0. The molecule has 2 aromatic heterocycles. The number of fused-ring (bicyclic) bond motifs is 3. The summed E-state index contributed by atoms with van der Waals surface area (Å²) in [5.74, 6) is -0.832. The van der Waals surface area contributed by atoms with Gasteiger partial charge in [-0.1, -0.05) is 59.1 Å². The predicted molar refractivity (Wildman–Crippen MR) is 139 cm³/mol. The number of hydrogen-bond donors (Lipinski definition) is 2.